The van der Waals surface area contributed by atoms with E-state index in [9.17, 15) is 19.2 Å². The van der Waals surface area contributed by atoms with Gasteiger partial charge in [0.2, 0.25) is 11.8 Å². The van der Waals surface area contributed by atoms with E-state index < -0.39 is 11.9 Å². The Morgan fingerprint density at radius 1 is 1.31 bits per heavy atom. The normalized spacial score (nSPS) is 18.4. The van der Waals surface area contributed by atoms with E-state index in [0.29, 0.717) is 23.4 Å². The number of amides is 5. The Balaban J connectivity index is 1.58. The first-order valence-electron chi connectivity index (χ1n) is 9.11. The van der Waals surface area contributed by atoms with Gasteiger partial charge in [0.25, 0.3) is 5.91 Å². The summed E-state index contributed by atoms with van der Waals surface area (Å²) >= 11 is 0. The van der Waals surface area contributed by atoms with Gasteiger partial charge >= 0.3 is 6.03 Å². The topological polar surface area (TPSA) is 138 Å². The third-order valence-electron chi connectivity index (χ3n) is 5.00. The van der Waals surface area contributed by atoms with Crippen molar-refractivity contribution in [2.45, 2.75) is 32.0 Å². The summed E-state index contributed by atoms with van der Waals surface area (Å²) in [7, 11) is 1.52. The Bertz CT molecular complexity index is 1020. The molecule has 1 aromatic carbocycles. The van der Waals surface area contributed by atoms with Crippen LogP contribution in [0.3, 0.4) is 0 Å². The second-order valence-corrected chi connectivity index (χ2v) is 6.79. The fourth-order valence-corrected chi connectivity index (χ4v) is 3.54. The van der Waals surface area contributed by atoms with Crippen molar-refractivity contribution in [2.24, 2.45) is 0 Å². The number of nitrogens with one attached hydrogen (secondary N) is 3. The van der Waals surface area contributed by atoms with Crippen molar-refractivity contribution >= 4 is 23.8 Å². The molecule has 1 atom stereocenters. The molecule has 0 radical (unpaired) electrons. The van der Waals surface area contributed by atoms with Crippen molar-refractivity contribution in [1.82, 2.24) is 35.8 Å². The van der Waals surface area contributed by atoms with E-state index in [0.717, 1.165) is 5.56 Å². The van der Waals surface area contributed by atoms with Crippen molar-refractivity contribution in [3.63, 3.8) is 0 Å². The number of rotatable bonds is 4. The molecule has 3 heterocycles. The molecule has 11 heteroatoms. The average Bonchev–Trinajstić information content (AvgIpc) is 3.31. The number of aromatic nitrogens is 3. The van der Waals surface area contributed by atoms with E-state index in [1.807, 2.05) is 6.07 Å². The van der Waals surface area contributed by atoms with Gasteiger partial charge in [-0.05, 0) is 18.6 Å². The minimum atomic E-state index is -0.677. The summed E-state index contributed by atoms with van der Waals surface area (Å²) < 4.78 is 1.54. The van der Waals surface area contributed by atoms with E-state index in [4.69, 9.17) is 0 Å². The molecule has 4 rings (SSSR count). The zero-order valence-corrected chi connectivity index (χ0v) is 15.6. The number of nitrogens with zero attached hydrogens (tertiary/aromatic N) is 4. The van der Waals surface area contributed by atoms with Crippen LogP contribution >= 0.6 is 0 Å². The van der Waals surface area contributed by atoms with Crippen LogP contribution in [0.1, 0.15) is 34.5 Å². The molecule has 5 amide bonds. The van der Waals surface area contributed by atoms with Gasteiger partial charge in [-0.15, -0.1) is 5.10 Å². The van der Waals surface area contributed by atoms with Crippen LogP contribution in [0.5, 0.6) is 0 Å². The SMILES string of the molecule is CNC(=O)NCc1cn(-c2cccc3c2CN(C2CCC(=O)NC2=O)C3=O)nn1. The van der Waals surface area contributed by atoms with Gasteiger partial charge in [-0.3, -0.25) is 19.7 Å². The van der Waals surface area contributed by atoms with E-state index >= 15 is 0 Å². The van der Waals surface area contributed by atoms with Gasteiger partial charge in [-0.2, -0.15) is 0 Å². The first kappa shape index (κ1) is 18.6. The van der Waals surface area contributed by atoms with Crippen molar-refractivity contribution < 1.29 is 19.2 Å². The van der Waals surface area contributed by atoms with Crippen LogP contribution in [-0.2, 0) is 22.7 Å². The van der Waals surface area contributed by atoms with E-state index in [1.54, 1.807) is 23.0 Å². The van der Waals surface area contributed by atoms with Crippen LogP contribution < -0.4 is 16.0 Å². The lowest BCUT2D eigenvalue weighted by Crippen LogP contribution is -2.52. The Kier molecular flexibility index (Phi) is 4.71. The molecule has 1 unspecified atom stereocenters. The lowest BCUT2D eigenvalue weighted by molar-refractivity contribution is -0.136. The molecule has 0 bridgehead atoms. The number of urea groups is 1. The van der Waals surface area contributed by atoms with Crippen LogP contribution in [0.15, 0.2) is 24.4 Å². The summed E-state index contributed by atoms with van der Waals surface area (Å²) in [6.45, 7) is 0.443. The van der Waals surface area contributed by atoms with Gasteiger partial charge < -0.3 is 15.5 Å². The maximum Gasteiger partial charge on any atom is 0.314 e. The van der Waals surface area contributed by atoms with Gasteiger partial charge in [0.1, 0.15) is 11.7 Å². The molecule has 0 saturated carbocycles. The van der Waals surface area contributed by atoms with Crippen LogP contribution in [0.4, 0.5) is 4.79 Å². The molecule has 150 valence electrons. The van der Waals surface area contributed by atoms with Gasteiger partial charge in [0.15, 0.2) is 0 Å². The van der Waals surface area contributed by atoms with E-state index in [1.165, 1.54) is 11.9 Å². The number of hydrogen-bond acceptors (Lipinski definition) is 6. The number of hydrogen-bond donors (Lipinski definition) is 3. The number of fused-ring (bicyclic) bond motifs is 1. The molecule has 3 N–H and O–H groups in total. The third-order valence-corrected chi connectivity index (χ3v) is 5.00. The fourth-order valence-electron chi connectivity index (χ4n) is 3.54. The lowest BCUT2D eigenvalue weighted by atomic mass is 10.0. The minimum Gasteiger partial charge on any atom is -0.341 e. The van der Waals surface area contributed by atoms with Gasteiger partial charge in [-0.1, -0.05) is 11.3 Å². The zero-order valence-electron chi connectivity index (χ0n) is 15.6. The summed E-state index contributed by atoms with van der Waals surface area (Å²) in [5.41, 5.74) is 2.45. The summed E-state index contributed by atoms with van der Waals surface area (Å²) in [4.78, 5) is 49.3. The molecule has 11 nitrogen and oxygen atoms in total. The fraction of sp³-hybridized carbons (Fsp3) is 0.333. The molecule has 2 aliphatic heterocycles. The van der Waals surface area contributed by atoms with Gasteiger partial charge in [-0.25, -0.2) is 9.48 Å². The quantitative estimate of drug-likeness (QED) is 0.592. The number of benzene rings is 1. The molecule has 0 spiro atoms. The molecule has 1 fully saturated rings. The molecule has 1 saturated heterocycles. The molecular formula is C18H19N7O4. The highest BCUT2D eigenvalue weighted by molar-refractivity contribution is 6.05. The predicted molar refractivity (Wildman–Crippen MR) is 98.7 cm³/mol. The van der Waals surface area contributed by atoms with Crippen molar-refractivity contribution in [1.29, 1.82) is 0 Å². The first-order chi connectivity index (χ1) is 14.0. The predicted octanol–water partition coefficient (Wildman–Crippen LogP) is -0.543. The molecule has 29 heavy (non-hydrogen) atoms. The number of carbonyl (C=O) groups excluding carboxylic acids is 4. The van der Waals surface area contributed by atoms with Crippen molar-refractivity contribution in [2.75, 3.05) is 7.05 Å². The van der Waals surface area contributed by atoms with Crippen molar-refractivity contribution in [3.05, 3.63) is 41.2 Å². The van der Waals surface area contributed by atoms with Crippen LogP contribution in [0.25, 0.3) is 5.69 Å². The Morgan fingerprint density at radius 3 is 2.90 bits per heavy atom. The van der Waals surface area contributed by atoms with Crippen LogP contribution in [-0.4, -0.2) is 56.7 Å². The summed E-state index contributed by atoms with van der Waals surface area (Å²) in [6.07, 6.45) is 2.18. The molecule has 0 aliphatic carbocycles. The molecule has 2 aromatic rings. The second kappa shape index (κ2) is 7.34. The maximum absolute atomic E-state index is 12.9. The molecule has 1 aromatic heterocycles. The van der Waals surface area contributed by atoms with E-state index in [2.05, 4.69) is 26.3 Å². The molecular weight excluding hydrogens is 378 g/mol. The number of carbonyl (C=O) groups is 4. The lowest BCUT2D eigenvalue weighted by Gasteiger charge is -2.29. The monoisotopic (exact) mass is 397 g/mol. The standard InChI is InChI=1S/C18H19N7O4/c1-19-18(29)20-7-10-8-25(23-22-10)13-4-2-3-11-12(13)9-24(17(11)28)14-5-6-15(26)21-16(14)27/h2-4,8,14H,5-7,9H2,1H3,(H2,19,20,29)(H,21,26,27). The summed E-state index contributed by atoms with van der Waals surface area (Å²) in [5, 5.41) is 15.5. The number of piperidine rings is 1. The summed E-state index contributed by atoms with van der Waals surface area (Å²) in [5.74, 6) is -1.03. The van der Waals surface area contributed by atoms with Crippen LogP contribution in [0, 0.1) is 0 Å². The van der Waals surface area contributed by atoms with Gasteiger partial charge in [0, 0.05) is 31.1 Å². The average molecular weight is 397 g/mol. The van der Waals surface area contributed by atoms with E-state index in [-0.39, 0.29) is 37.4 Å². The van der Waals surface area contributed by atoms with Gasteiger partial charge in [0.05, 0.1) is 18.4 Å². The smallest absolute Gasteiger partial charge is 0.314 e. The zero-order chi connectivity index (χ0) is 20.5. The Morgan fingerprint density at radius 2 is 2.14 bits per heavy atom. The molecule has 2 aliphatic rings. The Labute approximate surface area is 165 Å². The third kappa shape index (κ3) is 3.42. The largest absolute Gasteiger partial charge is 0.341 e. The van der Waals surface area contributed by atoms with Crippen LogP contribution in [0.2, 0.25) is 0 Å². The maximum atomic E-state index is 12.9. The van der Waals surface area contributed by atoms with Crippen molar-refractivity contribution in [3.8, 4) is 5.69 Å². The highest BCUT2D eigenvalue weighted by Crippen LogP contribution is 2.31. The minimum absolute atomic E-state index is 0.203. The Hall–Kier alpha value is -3.76. The highest BCUT2D eigenvalue weighted by atomic mass is 16.2. The number of imide groups is 1. The highest BCUT2D eigenvalue weighted by Gasteiger charge is 2.40. The second-order valence-electron chi connectivity index (χ2n) is 6.79. The summed E-state index contributed by atoms with van der Waals surface area (Å²) in [6, 6.07) is 4.25. The first-order valence-corrected chi connectivity index (χ1v) is 9.11.